The Bertz CT molecular complexity index is 676. The van der Waals surface area contributed by atoms with Crippen LogP contribution in [0.2, 0.25) is 5.02 Å². The van der Waals surface area contributed by atoms with E-state index in [2.05, 4.69) is 20.9 Å². The number of halogens is 2. The van der Waals surface area contributed by atoms with Crippen LogP contribution in [0.25, 0.3) is 0 Å². The standard InChI is InChI=1S/C12H6BrClN2O5/c13-6-3-9(16(19)20)11(15-5-6)21-10-2-1-7(14)4-8(10)12(17)18/h1-5H,(H,17,18). The van der Waals surface area contributed by atoms with Gasteiger partial charge in [-0.15, -0.1) is 0 Å². The smallest absolute Gasteiger partial charge is 0.339 e. The zero-order valence-corrected chi connectivity index (χ0v) is 12.5. The number of nitro groups is 1. The molecule has 0 atom stereocenters. The van der Waals surface area contributed by atoms with Gasteiger partial charge in [0.15, 0.2) is 0 Å². The van der Waals surface area contributed by atoms with Crippen LogP contribution in [0, 0.1) is 10.1 Å². The Morgan fingerprint density at radius 1 is 1.43 bits per heavy atom. The number of aromatic carboxylic acids is 1. The first-order valence-corrected chi connectivity index (χ1v) is 6.56. The van der Waals surface area contributed by atoms with Crippen molar-refractivity contribution in [1.29, 1.82) is 0 Å². The third kappa shape index (κ3) is 3.47. The van der Waals surface area contributed by atoms with E-state index in [1.54, 1.807) is 0 Å². The molecule has 108 valence electrons. The lowest BCUT2D eigenvalue weighted by molar-refractivity contribution is -0.386. The van der Waals surface area contributed by atoms with Gasteiger partial charge >= 0.3 is 11.7 Å². The van der Waals surface area contributed by atoms with E-state index in [1.165, 1.54) is 30.5 Å². The SMILES string of the molecule is O=C(O)c1cc(Cl)ccc1Oc1ncc(Br)cc1[N+](=O)[O-]. The lowest BCUT2D eigenvalue weighted by Crippen LogP contribution is -2.02. The van der Waals surface area contributed by atoms with Gasteiger partial charge in [0, 0.05) is 21.8 Å². The maximum atomic E-state index is 11.1. The molecule has 0 bridgehead atoms. The average Bonchev–Trinajstić information content (AvgIpc) is 2.42. The van der Waals surface area contributed by atoms with Crippen LogP contribution in [0.4, 0.5) is 5.69 Å². The molecule has 1 heterocycles. The van der Waals surface area contributed by atoms with E-state index in [9.17, 15) is 14.9 Å². The van der Waals surface area contributed by atoms with Crippen LogP contribution in [0.15, 0.2) is 34.9 Å². The monoisotopic (exact) mass is 372 g/mol. The number of carboxylic acids is 1. The molecule has 0 aliphatic rings. The minimum atomic E-state index is -1.27. The fraction of sp³-hybridized carbons (Fsp3) is 0. The maximum Gasteiger partial charge on any atom is 0.339 e. The van der Waals surface area contributed by atoms with Crippen molar-refractivity contribution < 1.29 is 19.6 Å². The van der Waals surface area contributed by atoms with E-state index in [1.807, 2.05) is 0 Å². The van der Waals surface area contributed by atoms with Crippen molar-refractivity contribution in [3.05, 3.63) is 55.6 Å². The van der Waals surface area contributed by atoms with Crippen molar-refractivity contribution in [2.75, 3.05) is 0 Å². The molecule has 0 radical (unpaired) electrons. The lowest BCUT2D eigenvalue weighted by atomic mass is 10.2. The molecule has 0 unspecified atom stereocenters. The number of aromatic nitrogens is 1. The number of nitrogens with zero attached hydrogens (tertiary/aromatic N) is 2. The van der Waals surface area contributed by atoms with Crippen LogP contribution in [-0.2, 0) is 0 Å². The number of benzene rings is 1. The van der Waals surface area contributed by atoms with Crippen molar-refractivity contribution in [3.63, 3.8) is 0 Å². The minimum absolute atomic E-state index is 0.0928. The molecule has 0 amide bonds. The molecular formula is C12H6BrClN2O5. The van der Waals surface area contributed by atoms with Crippen LogP contribution in [0.1, 0.15) is 10.4 Å². The van der Waals surface area contributed by atoms with Gasteiger partial charge in [0.2, 0.25) is 0 Å². The van der Waals surface area contributed by atoms with Crippen LogP contribution in [-0.4, -0.2) is 21.0 Å². The summed E-state index contributed by atoms with van der Waals surface area (Å²) < 4.78 is 5.66. The highest BCUT2D eigenvalue weighted by Crippen LogP contribution is 2.33. The van der Waals surface area contributed by atoms with Gasteiger partial charge < -0.3 is 9.84 Å². The summed E-state index contributed by atoms with van der Waals surface area (Å²) >= 11 is 8.78. The largest absolute Gasteiger partial charge is 0.478 e. The molecule has 0 fully saturated rings. The molecule has 0 aliphatic carbocycles. The molecule has 0 saturated heterocycles. The van der Waals surface area contributed by atoms with Gasteiger partial charge in [0.05, 0.1) is 4.92 Å². The summed E-state index contributed by atoms with van der Waals surface area (Å²) in [5.41, 5.74) is -0.614. The Hall–Kier alpha value is -2.19. The summed E-state index contributed by atoms with van der Waals surface area (Å²) in [5, 5.41) is 20.3. The van der Waals surface area contributed by atoms with E-state index < -0.39 is 16.6 Å². The van der Waals surface area contributed by atoms with Crippen molar-refractivity contribution in [2.45, 2.75) is 0 Å². The second-order valence-corrected chi connectivity index (χ2v) is 5.13. The molecule has 7 nitrogen and oxygen atoms in total. The van der Waals surface area contributed by atoms with Crippen LogP contribution < -0.4 is 4.74 Å². The Labute approximate surface area is 131 Å². The molecule has 2 rings (SSSR count). The molecule has 0 spiro atoms. The minimum Gasteiger partial charge on any atom is -0.478 e. The van der Waals surface area contributed by atoms with Crippen molar-refractivity contribution in [1.82, 2.24) is 4.98 Å². The van der Waals surface area contributed by atoms with Crippen molar-refractivity contribution in [2.24, 2.45) is 0 Å². The van der Waals surface area contributed by atoms with Crippen molar-refractivity contribution >= 4 is 39.2 Å². The molecule has 2 aromatic rings. The predicted molar refractivity (Wildman–Crippen MR) is 77.1 cm³/mol. The molecule has 9 heteroatoms. The highest BCUT2D eigenvalue weighted by molar-refractivity contribution is 9.10. The quantitative estimate of drug-likeness (QED) is 0.644. The van der Waals surface area contributed by atoms with Gasteiger partial charge in [0.25, 0.3) is 5.88 Å². The van der Waals surface area contributed by atoms with E-state index in [0.717, 1.165) is 0 Å². The highest BCUT2D eigenvalue weighted by atomic mass is 79.9. The Morgan fingerprint density at radius 3 is 2.76 bits per heavy atom. The molecule has 1 aromatic heterocycles. The second-order valence-electron chi connectivity index (χ2n) is 3.78. The van der Waals surface area contributed by atoms with Crippen LogP contribution >= 0.6 is 27.5 Å². The van der Waals surface area contributed by atoms with Gasteiger partial charge in [0.1, 0.15) is 11.3 Å². The predicted octanol–water partition coefficient (Wildman–Crippen LogP) is 3.90. The van der Waals surface area contributed by atoms with Crippen LogP contribution in [0.5, 0.6) is 11.6 Å². The fourth-order valence-electron chi connectivity index (χ4n) is 1.49. The third-order valence-electron chi connectivity index (χ3n) is 2.37. The number of pyridine rings is 1. The summed E-state index contributed by atoms with van der Waals surface area (Å²) in [6, 6.07) is 5.11. The Balaban J connectivity index is 2.48. The number of hydrogen-bond donors (Lipinski definition) is 1. The summed E-state index contributed by atoms with van der Waals surface area (Å²) in [5.74, 6) is -1.68. The number of carbonyl (C=O) groups is 1. The summed E-state index contributed by atoms with van der Waals surface area (Å²) in [6.07, 6.45) is 1.30. The third-order valence-corrected chi connectivity index (χ3v) is 3.04. The second kappa shape index (κ2) is 6.06. The zero-order chi connectivity index (χ0) is 15.6. The topological polar surface area (TPSA) is 103 Å². The molecule has 0 aliphatic heterocycles. The van der Waals surface area contributed by atoms with E-state index >= 15 is 0 Å². The van der Waals surface area contributed by atoms with E-state index in [0.29, 0.717) is 4.47 Å². The zero-order valence-electron chi connectivity index (χ0n) is 10.1. The lowest BCUT2D eigenvalue weighted by Gasteiger charge is -2.08. The summed E-state index contributed by atoms with van der Waals surface area (Å²) in [6.45, 7) is 0. The summed E-state index contributed by atoms with van der Waals surface area (Å²) in [4.78, 5) is 25.2. The van der Waals surface area contributed by atoms with Crippen LogP contribution in [0.3, 0.4) is 0 Å². The Kier molecular flexibility index (Phi) is 4.39. The van der Waals surface area contributed by atoms with E-state index in [-0.39, 0.29) is 22.2 Å². The molecule has 1 aromatic carbocycles. The normalized spacial score (nSPS) is 10.2. The maximum absolute atomic E-state index is 11.1. The van der Waals surface area contributed by atoms with E-state index in [4.69, 9.17) is 21.4 Å². The van der Waals surface area contributed by atoms with Gasteiger partial charge in [-0.3, -0.25) is 10.1 Å². The molecular weight excluding hydrogens is 367 g/mol. The number of carboxylic acid groups (broad SMARTS) is 1. The number of ether oxygens (including phenoxy) is 1. The number of rotatable bonds is 4. The highest BCUT2D eigenvalue weighted by Gasteiger charge is 2.21. The molecule has 0 saturated carbocycles. The fourth-order valence-corrected chi connectivity index (χ4v) is 1.98. The molecule has 1 N–H and O–H groups in total. The first-order valence-electron chi connectivity index (χ1n) is 5.39. The van der Waals surface area contributed by atoms with Gasteiger partial charge in [-0.1, -0.05) is 11.6 Å². The first kappa shape index (κ1) is 15.2. The van der Waals surface area contributed by atoms with Gasteiger partial charge in [-0.25, -0.2) is 9.78 Å². The Morgan fingerprint density at radius 2 is 2.14 bits per heavy atom. The number of hydrogen-bond acceptors (Lipinski definition) is 5. The van der Waals surface area contributed by atoms with Crippen molar-refractivity contribution in [3.8, 4) is 11.6 Å². The molecule has 21 heavy (non-hydrogen) atoms. The average molecular weight is 374 g/mol. The first-order chi connectivity index (χ1) is 9.88. The van der Waals surface area contributed by atoms with Gasteiger partial charge in [-0.2, -0.15) is 0 Å². The summed E-state index contributed by atoms with van der Waals surface area (Å²) in [7, 11) is 0. The van der Waals surface area contributed by atoms with Gasteiger partial charge in [-0.05, 0) is 34.1 Å².